The molecular formula is C33H65. The third-order valence-corrected chi connectivity index (χ3v) is 7.18. The fourth-order valence-corrected chi connectivity index (χ4v) is 4.81. The van der Waals surface area contributed by atoms with Crippen LogP contribution in [-0.4, -0.2) is 0 Å². The molecule has 0 bridgehead atoms. The molecule has 0 aliphatic carbocycles. The lowest BCUT2D eigenvalue weighted by Crippen LogP contribution is -1.85. The molecule has 0 heterocycles. The zero-order valence-corrected chi connectivity index (χ0v) is 23.5. The SMILES string of the molecule is CCCCCCCC/C=C\CCCCCCCC[CH]CCCCCCCCCCCCCC. The van der Waals surface area contributed by atoms with Crippen molar-refractivity contribution in [2.75, 3.05) is 0 Å². The standard InChI is InChI=1S/C33H65/c1-3-5-7-9-11-13-15-17-19-21-23-25-27-29-31-33-32-30-28-26-24-22-20-18-16-14-12-10-8-6-4-2/h17,19,30H,3-16,18,20-29,31-33H2,1-2H3/b19-17-. The molecule has 0 atom stereocenters. The van der Waals surface area contributed by atoms with Crippen LogP contribution < -0.4 is 0 Å². The molecule has 33 heavy (non-hydrogen) atoms. The Labute approximate surface area is 212 Å². The number of hydrogen-bond donors (Lipinski definition) is 0. The molecule has 0 amide bonds. The third-order valence-electron chi connectivity index (χ3n) is 7.18. The van der Waals surface area contributed by atoms with E-state index in [4.69, 9.17) is 0 Å². The molecule has 0 heteroatoms. The Bertz CT molecular complexity index is 342. The quantitative estimate of drug-likeness (QED) is 0.0767. The molecule has 0 aromatic carbocycles. The van der Waals surface area contributed by atoms with Crippen LogP contribution >= 0.6 is 0 Å². The second kappa shape index (κ2) is 31.7. The largest absolute Gasteiger partial charge is 0.0885 e. The van der Waals surface area contributed by atoms with Crippen LogP contribution in [0, 0.1) is 6.42 Å². The summed E-state index contributed by atoms with van der Waals surface area (Å²) in [5.41, 5.74) is 0. The van der Waals surface area contributed by atoms with Gasteiger partial charge in [0, 0.05) is 0 Å². The Balaban J connectivity index is 3.04. The minimum atomic E-state index is 1.31. The predicted octanol–water partition coefficient (Wildman–Crippen LogP) is 12.7. The first kappa shape index (κ1) is 32.7. The molecule has 0 aromatic rings. The van der Waals surface area contributed by atoms with Gasteiger partial charge in [-0.25, -0.2) is 0 Å². The van der Waals surface area contributed by atoms with Crippen LogP contribution in [0.4, 0.5) is 0 Å². The molecule has 0 unspecified atom stereocenters. The van der Waals surface area contributed by atoms with Crippen molar-refractivity contribution in [3.05, 3.63) is 18.6 Å². The summed E-state index contributed by atoms with van der Waals surface area (Å²) in [6.45, 7) is 4.60. The number of rotatable bonds is 29. The van der Waals surface area contributed by atoms with Crippen molar-refractivity contribution in [2.24, 2.45) is 0 Å². The van der Waals surface area contributed by atoms with Gasteiger partial charge in [0.25, 0.3) is 0 Å². The van der Waals surface area contributed by atoms with Crippen LogP contribution in [0.5, 0.6) is 0 Å². The van der Waals surface area contributed by atoms with Crippen molar-refractivity contribution in [1.82, 2.24) is 0 Å². The lowest BCUT2D eigenvalue weighted by molar-refractivity contribution is 0.541. The molecule has 0 aliphatic rings. The molecule has 0 spiro atoms. The van der Waals surface area contributed by atoms with Gasteiger partial charge < -0.3 is 0 Å². The van der Waals surface area contributed by atoms with Crippen LogP contribution in [0.25, 0.3) is 0 Å². The van der Waals surface area contributed by atoms with Crippen molar-refractivity contribution in [3.8, 4) is 0 Å². The van der Waals surface area contributed by atoms with Crippen LogP contribution in [0.2, 0.25) is 0 Å². The van der Waals surface area contributed by atoms with Gasteiger partial charge in [0.15, 0.2) is 0 Å². The summed E-state index contributed by atoms with van der Waals surface area (Å²) in [6, 6.07) is 0. The minimum Gasteiger partial charge on any atom is -0.0885 e. The van der Waals surface area contributed by atoms with Crippen molar-refractivity contribution in [3.63, 3.8) is 0 Å². The summed E-state index contributed by atoms with van der Waals surface area (Å²) in [4.78, 5) is 0. The second-order valence-electron chi connectivity index (χ2n) is 10.7. The number of allylic oxidation sites excluding steroid dienone is 2. The topological polar surface area (TPSA) is 0 Å². The Morgan fingerprint density at radius 1 is 0.273 bits per heavy atom. The average molecular weight is 462 g/mol. The highest BCUT2D eigenvalue weighted by molar-refractivity contribution is 4.81. The van der Waals surface area contributed by atoms with Crippen molar-refractivity contribution in [1.29, 1.82) is 0 Å². The summed E-state index contributed by atoms with van der Waals surface area (Å²) in [5, 5.41) is 0. The van der Waals surface area contributed by atoms with Gasteiger partial charge in [-0.05, 0) is 32.1 Å². The Hall–Kier alpha value is -0.260. The first-order valence-electron chi connectivity index (χ1n) is 15.9. The monoisotopic (exact) mass is 462 g/mol. The van der Waals surface area contributed by atoms with Gasteiger partial charge in [-0.1, -0.05) is 180 Å². The highest BCUT2D eigenvalue weighted by atomic mass is 14.0. The van der Waals surface area contributed by atoms with E-state index < -0.39 is 0 Å². The van der Waals surface area contributed by atoms with Crippen LogP contribution in [0.3, 0.4) is 0 Å². The Morgan fingerprint density at radius 2 is 0.515 bits per heavy atom. The van der Waals surface area contributed by atoms with E-state index >= 15 is 0 Å². The van der Waals surface area contributed by atoms with Gasteiger partial charge in [0.05, 0.1) is 0 Å². The molecule has 0 rings (SSSR count). The van der Waals surface area contributed by atoms with Gasteiger partial charge >= 0.3 is 0 Å². The predicted molar refractivity (Wildman–Crippen MR) is 154 cm³/mol. The van der Waals surface area contributed by atoms with Crippen LogP contribution in [0.1, 0.15) is 194 Å². The fourth-order valence-electron chi connectivity index (χ4n) is 4.81. The van der Waals surface area contributed by atoms with E-state index in [9.17, 15) is 0 Å². The van der Waals surface area contributed by atoms with Gasteiger partial charge in [0.2, 0.25) is 0 Å². The third kappa shape index (κ3) is 31.7. The van der Waals surface area contributed by atoms with E-state index in [0.717, 1.165) is 0 Å². The molecule has 1 radical (unpaired) electrons. The van der Waals surface area contributed by atoms with Gasteiger partial charge in [0.1, 0.15) is 0 Å². The molecular weight excluding hydrogens is 396 g/mol. The maximum atomic E-state index is 2.57. The first-order chi connectivity index (χ1) is 16.4. The molecule has 0 aliphatic heterocycles. The molecule has 0 N–H and O–H groups in total. The van der Waals surface area contributed by atoms with E-state index in [0.29, 0.717) is 0 Å². The summed E-state index contributed by atoms with van der Waals surface area (Å²) >= 11 is 0. The summed E-state index contributed by atoms with van der Waals surface area (Å²) in [7, 11) is 0. The molecule has 0 aromatic heterocycles. The molecule has 0 saturated heterocycles. The molecule has 0 fully saturated rings. The smallest absolute Gasteiger partial charge is 0.0351 e. The average Bonchev–Trinajstić information content (AvgIpc) is 2.83. The summed E-state index contributed by atoms with van der Waals surface area (Å²) < 4.78 is 0. The highest BCUT2D eigenvalue weighted by Gasteiger charge is 1.96. The van der Waals surface area contributed by atoms with Gasteiger partial charge in [-0.3, -0.25) is 0 Å². The van der Waals surface area contributed by atoms with Gasteiger partial charge in [-0.15, -0.1) is 0 Å². The number of unbranched alkanes of at least 4 members (excludes halogenated alkanes) is 27. The zero-order chi connectivity index (χ0) is 23.9. The normalized spacial score (nSPS) is 11.7. The summed E-state index contributed by atoms with van der Waals surface area (Å²) in [5.74, 6) is 0. The number of hydrogen-bond acceptors (Lipinski definition) is 0. The first-order valence-corrected chi connectivity index (χ1v) is 15.9. The fraction of sp³-hybridized carbons (Fsp3) is 0.909. The van der Waals surface area contributed by atoms with E-state index in [1.165, 1.54) is 180 Å². The van der Waals surface area contributed by atoms with Gasteiger partial charge in [-0.2, -0.15) is 0 Å². The maximum Gasteiger partial charge on any atom is -0.0351 e. The van der Waals surface area contributed by atoms with E-state index in [2.05, 4.69) is 32.4 Å². The van der Waals surface area contributed by atoms with Crippen molar-refractivity contribution in [2.45, 2.75) is 194 Å². The Morgan fingerprint density at radius 3 is 0.818 bits per heavy atom. The van der Waals surface area contributed by atoms with Crippen LogP contribution in [-0.2, 0) is 0 Å². The molecule has 0 nitrogen and oxygen atoms in total. The minimum absolute atomic E-state index is 1.31. The lowest BCUT2D eigenvalue weighted by atomic mass is 10.0. The lowest BCUT2D eigenvalue weighted by Gasteiger charge is -2.04. The summed E-state index contributed by atoms with van der Waals surface area (Å²) in [6.07, 6.45) is 47.4. The van der Waals surface area contributed by atoms with E-state index in [1.54, 1.807) is 0 Å². The molecule has 197 valence electrons. The second-order valence-corrected chi connectivity index (χ2v) is 10.7. The molecule has 0 saturated carbocycles. The highest BCUT2D eigenvalue weighted by Crippen LogP contribution is 2.15. The Kier molecular flexibility index (Phi) is 31.5. The maximum absolute atomic E-state index is 2.57. The van der Waals surface area contributed by atoms with E-state index in [-0.39, 0.29) is 0 Å². The van der Waals surface area contributed by atoms with E-state index in [1.807, 2.05) is 0 Å². The zero-order valence-electron chi connectivity index (χ0n) is 23.5. The van der Waals surface area contributed by atoms with Crippen LogP contribution in [0.15, 0.2) is 12.2 Å². The van der Waals surface area contributed by atoms with Crippen molar-refractivity contribution < 1.29 is 0 Å². The van der Waals surface area contributed by atoms with Crippen molar-refractivity contribution >= 4 is 0 Å².